The van der Waals surface area contributed by atoms with Gasteiger partial charge in [-0.25, -0.2) is 4.39 Å². The Bertz CT molecular complexity index is 700. The van der Waals surface area contributed by atoms with Crippen molar-refractivity contribution in [2.24, 2.45) is 0 Å². The molecule has 4 nitrogen and oxygen atoms in total. The van der Waals surface area contributed by atoms with Gasteiger partial charge in [0, 0.05) is 22.2 Å². The van der Waals surface area contributed by atoms with Gasteiger partial charge in [0.1, 0.15) is 11.6 Å². The van der Waals surface area contributed by atoms with Gasteiger partial charge >= 0.3 is 0 Å². The first-order valence-corrected chi connectivity index (χ1v) is 7.99. The van der Waals surface area contributed by atoms with Crippen LogP contribution in [0.1, 0.15) is 35.4 Å². The molecule has 23 heavy (non-hydrogen) atoms. The summed E-state index contributed by atoms with van der Waals surface area (Å²) in [6.45, 7) is 3.80. The summed E-state index contributed by atoms with van der Waals surface area (Å²) in [5, 5.41) is 4.22. The lowest BCUT2D eigenvalue weighted by Crippen LogP contribution is -2.34. The van der Waals surface area contributed by atoms with Crippen LogP contribution in [-0.2, 0) is 17.8 Å². The van der Waals surface area contributed by atoms with Crippen LogP contribution in [0.3, 0.4) is 0 Å². The molecule has 1 aliphatic rings. The second-order valence-corrected chi connectivity index (χ2v) is 6.34. The number of amides is 1. The van der Waals surface area contributed by atoms with E-state index in [1.54, 1.807) is 24.0 Å². The van der Waals surface area contributed by atoms with Crippen molar-refractivity contribution >= 4 is 17.5 Å². The van der Waals surface area contributed by atoms with Crippen LogP contribution in [0.4, 0.5) is 4.39 Å². The summed E-state index contributed by atoms with van der Waals surface area (Å²) in [4.78, 5) is 14.4. The molecule has 1 amide bonds. The van der Waals surface area contributed by atoms with Crippen molar-refractivity contribution in [3.63, 3.8) is 0 Å². The van der Waals surface area contributed by atoms with Gasteiger partial charge in [-0.3, -0.25) is 4.79 Å². The Morgan fingerprint density at radius 1 is 1.39 bits per heavy atom. The van der Waals surface area contributed by atoms with Crippen LogP contribution in [0.5, 0.6) is 0 Å². The van der Waals surface area contributed by atoms with Gasteiger partial charge in [-0.1, -0.05) is 22.8 Å². The van der Waals surface area contributed by atoms with Gasteiger partial charge in [0.15, 0.2) is 0 Å². The SMILES string of the molecule is Cc1noc(C)c1CC(=O)N(Cc1c(F)cccc1Cl)C1CC1. The molecule has 0 spiro atoms. The first-order valence-electron chi connectivity index (χ1n) is 7.61. The fourth-order valence-corrected chi connectivity index (χ4v) is 2.89. The highest BCUT2D eigenvalue weighted by Gasteiger charge is 2.34. The third-order valence-electron chi connectivity index (χ3n) is 4.21. The van der Waals surface area contributed by atoms with E-state index in [4.69, 9.17) is 16.1 Å². The zero-order valence-corrected chi connectivity index (χ0v) is 13.9. The number of benzene rings is 1. The minimum atomic E-state index is -0.381. The summed E-state index contributed by atoms with van der Waals surface area (Å²) in [6, 6.07) is 4.74. The number of carbonyl (C=O) groups is 1. The third-order valence-corrected chi connectivity index (χ3v) is 4.56. The molecule has 0 atom stereocenters. The smallest absolute Gasteiger partial charge is 0.227 e. The fourth-order valence-electron chi connectivity index (χ4n) is 2.67. The number of hydrogen-bond donors (Lipinski definition) is 0. The summed E-state index contributed by atoms with van der Waals surface area (Å²) < 4.78 is 19.1. The minimum absolute atomic E-state index is 0.0544. The monoisotopic (exact) mass is 336 g/mol. The van der Waals surface area contributed by atoms with Crippen molar-refractivity contribution in [1.82, 2.24) is 10.1 Å². The van der Waals surface area contributed by atoms with E-state index >= 15 is 0 Å². The van der Waals surface area contributed by atoms with E-state index in [9.17, 15) is 9.18 Å². The maximum absolute atomic E-state index is 14.0. The zero-order chi connectivity index (χ0) is 16.6. The highest BCUT2D eigenvalue weighted by molar-refractivity contribution is 6.31. The molecule has 0 saturated heterocycles. The third kappa shape index (κ3) is 3.39. The molecule has 122 valence electrons. The summed E-state index contributed by atoms with van der Waals surface area (Å²) >= 11 is 6.09. The van der Waals surface area contributed by atoms with E-state index in [-0.39, 0.29) is 30.7 Å². The zero-order valence-electron chi connectivity index (χ0n) is 13.1. The minimum Gasteiger partial charge on any atom is -0.361 e. The number of nitrogens with zero attached hydrogens (tertiary/aromatic N) is 2. The predicted molar refractivity (Wildman–Crippen MR) is 84.7 cm³/mol. The van der Waals surface area contributed by atoms with Crippen LogP contribution in [-0.4, -0.2) is 22.0 Å². The van der Waals surface area contributed by atoms with E-state index in [1.165, 1.54) is 6.07 Å². The van der Waals surface area contributed by atoms with Gasteiger partial charge in [-0.15, -0.1) is 0 Å². The van der Waals surface area contributed by atoms with Gasteiger partial charge in [-0.2, -0.15) is 0 Å². The lowest BCUT2D eigenvalue weighted by Gasteiger charge is -2.23. The molecule has 1 aromatic heterocycles. The molecular weight excluding hydrogens is 319 g/mol. The van der Waals surface area contributed by atoms with Gasteiger partial charge < -0.3 is 9.42 Å². The normalized spacial score (nSPS) is 14.1. The highest BCUT2D eigenvalue weighted by atomic mass is 35.5. The van der Waals surface area contributed by atoms with Gasteiger partial charge in [0.25, 0.3) is 0 Å². The summed E-state index contributed by atoms with van der Waals surface area (Å²) in [5.74, 6) is 0.213. The number of hydrogen-bond acceptors (Lipinski definition) is 3. The second-order valence-electron chi connectivity index (χ2n) is 5.93. The number of aromatic nitrogens is 1. The molecule has 0 radical (unpaired) electrons. The van der Waals surface area contributed by atoms with E-state index in [0.29, 0.717) is 16.3 Å². The van der Waals surface area contributed by atoms with Gasteiger partial charge in [-0.05, 0) is 38.8 Å². The molecule has 1 fully saturated rings. The lowest BCUT2D eigenvalue weighted by molar-refractivity contribution is -0.131. The van der Waals surface area contributed by atoms with E-state index in [2.05, 4.69) is 5.16 Å². The average Bonchev–Trinajstić information content (AvgIpc) is 3.29. The standard InChI is InChI=1S/C17H18ClFN2O2/c1-10-13(11(2)23-20-10)8-17(22)21(12-6-7-12)9-14-15(18)4-3-5-16(14)19/h3-5,12H,6-9H2,1-2H3. The van der Waals surface area contributed by atoms with Crippen molar-refractivity contribution in [2.75, 3.05) is 0 Å². The maximum atomic E-state index is 14.0. The molecular formula is C17H18ClFN2O2. The fraction of sp³-hybridized carbons (Fsp3) is 0.412. The number of aryl methyl sites for hydroxylation is 2. The van der Waals surface area contributed by atoms with E-state index < -0.39 is 0 Å². The number of carbonyl (C=O) groups excluding carboxylic acids is 1. The molecule has 2 aromatic rings. The Morgan fingerprint density at radius 2 is 2.13 bits per heavy atom. The van der Waals surface area contributed by atoms with Crippen LogP contribution in [0, 0.1) is 19.7 Å². The van der Waals surface area contributed by atoms with Crippen LogP contribution in [0.15, 0.2) is 22.7 Å². The van der Waals surface area contributed by atoms with Crippen molar-refractivity contribution < 1.29 is 13.7 Å². The summed E-state index contributed by atoms with van der Waals surface area (Å²) in [7, 11) is 0. The molecule has 0 N–H and O–H groups in total. The van der Waals surface area contributed by atoms with Crippen molar-refractivity contribution in [3.05, 3.63) is 51.6 Å². The quantitative estimate of drug-likeness (QED) is 0.834. The Labute approximate surface area is 139 Å². The second kappa shape index (κ2) is 6.32. The first-order chi connectivity index (χ1) is 11.0. The van der Waals surface area contributed by atoms with Gasteiger partial charge in [0.05, 0.1) is 18.7 Å². The van der Waals surface area contributed by atoms with Crippen molar-refractivity contribution in [2.45, 2.75) is 45.7 Å². The molecule has 1 aromatic carbocycles. The van der Waals surface area contributed by atoms with Crippen LogP contribution in [0.2, 0.25) is 5.02 Å². The van der Waals surface area contributed by atoms with Crippen molar-refractivity contribution in [3.8, 4) is 0 Å². The molecule has 0 aliphatic heterocycles. The van der Waals surface area contributed by atoms with Crippen LogP contribution >= 0.6 is 11.6 Å². The molecule has 1 aliphatic carbocycles. The predicted octanol–water partition coefficient (Wildman–Crippen LogP) is 3.82. The number of rotatable bonds is 5. The molecule has 3 rings (SSSR count). The maximum Gasteiger partial charge on any atom is 0.227 e. The average molecular weight is 337 g/mol. The van der Waals surface area contributed by atoms with E-state index in [1.807, 2.05) is 6.92 Å². The van der Waals surface area contributed by atoms with Crippen LogP contribution in [0.25, 0.3) is 0 Å². The molecule has 0 unspecified atom stereocenters. The molecule has 0 bridgehead atoms. The molecule has 6 heteroatoms. The van der Waals surface area contributed by atoms with Crippen molar-refractivity contribution in [1.29, 1.82) is 0 Å². The van der Waals surface area contributed by atoms with E-state index in [0.717, 1.165) is 24.1 Å². The topological polar surface area (TPSA) is 46.3 Å². The lowest BCUT2D eigenvalue weighted by atomic mass is 10.1. The Morgan fingerprint density at radius 3 is 2.70 bits per heavy atom. The Hall–Kier alpha value is -1.88. The summed E-state index contributed by atoms with van der Waals surface area (Å²) in [6.07, 6.45) is 2.10. The number of halogens is 2. The van der Waals surface area contributed by atoms with Crippen LogP contribution < -0.4 is 0 Å². The highest BCUT2D eigenvalue weighted by Crippen LogP contribution is 2.31. The first kappa shape index (κ1) is 16.0. The Kier molecular flexibility index (Phi) is 4.39. The molecule has 1 saturated carbocycles. The summed E-state index contributed by atoms with van der Waals surface area (Å²) in [5.41, 5.74) is 1.89. The largest absolute Gasteiger partial charge is 0.361 e. The Balaban J connectivity index is 1.81. The molecule has 1 heterocycles. The van der Waals surface area contributed by atoms with Gasteiger partial charge in [0.2, 0.25) is 5.91 Å².